The van der Waals surface area contributed by atoms with Crippen molar-refractivity contribution in [2.45, 2.75) is 179 Å². The maximum Gasteiger partial charge on any atom is 0.261 e. The van der Waals surface area contributed by atoms with Gasteiger partial charge in [0.1, 0.15) is 36.0 Å². The van der Waals surface area contributed by atoms with E-state index in [1.807, 2.05) is 48.5 Å². The van der Waals surface area contributed by atoms with Crippen LogP contribution in [0.1, 0.15) is 179 Å². The van der Waals surface area contributed by atoms with Crippen molar-refractivity contribution in [3.8, 4) is 0 Å². The third-order valence-electron chi connectivity index (χ3n) is 5.40. The number of hydrogen-bond donors (Lipinski definition) is 1. The number of carbonyl (C=O) groups is 5. The van der Waals surface area contributed by atoms with Crippen LogP contribution < -0.4 is 4.36 Å². The van der Waals surface area contributed by atoms with Crippen LogP contribution in [0.5, 0.6) is 0 Å². The van der Waals surface area contributed by atoms with E-state index in [1.54, 1.807) is 41.7 Å². The summed E-state index contributed by atoms with van der Waals surface area (Å²) in [7, 11) is 1.69. The molecule has 0 fully saturated rings. The van der Waals surface area contributed by atoms with Crippen LogP contribution in [-0.2, 0) is 36.4 Å². The molecule has 0 amide bonds. The molecule has 0 aromatic heterocycles. The summed E-state index contributed by atoms with van der Waals surface area (Å²) in [6.45, 7) is 24.1. The van der Waals surface area contributed by atoms with Crippen molar-refractivity contribution in [2.75, 3.05) is 7.05 Å². The Labute approximate surface area is 272 Å². The second-order valence-corrected chi connectivity index (χ2v) is 9.61. The van der Waals surface area contributed by atoms with Crippen LogP contribution in [-0.4, -0.2) is 36.0 Å². The molecule has 3 atom stereocenters. The van der Waals surface area contributed by atoms with Gasteiger partial charge < -0.3 is 9.59 Å². The Morgan fingerprint density at radius 1 is 0.571 bits per heavy atom. The number of carbonyl (C=O) groups excluding carboxylic acids is 5. The number of hydrogen-bond acceptors (Lipinski definition) is 6. The van der Waals surface area contributed by atoms with E-state index in [2.05, 4.69) is 23.7 Å². The van der Waals surface area contributed by atoms with Gasteiger partial charge in [0.15, 0.2) is 0 Å². The van der Waals surface area contributed by atoms with E-state index < -0.39 is 0 Å². The van der Waals surface area contributed by atoms with Crippen LogP contribution in [0.15, 0.2) is 0 Å². The summed E-state index contributed by atoms with van der Waals surface area (Å²) in [5, 5.41) is 0. The molecule has 0 aliphatic carbocycles. The summed E-state index contributed by atoms with van der Waals surface area (Å²) in [4.78, 5) is 51.3. The molecule has 0 saturated carbocycles. The fourth-order valence-corrected chi connectivity index (χ4v) is 1.64. The minimum Gasteiger partial charge on any atom is -0.300 e. The van der Waals surface area contributed by atoms with E-state index in [0.717, 1.165) is 32.1 Å². The van der Waals surface area contributed by atoms with Crippen molar-refractivity contribution in [2.24, 2.45) is 17.8 Å². The lowest BCUT2D eigenvalue weighted by Crippen LogP contribution is -2.57. The van der Waals surface area contributed by atoms with Gasteiger partial charge in [0.2, 0.25) is 0 Å². The Morgan fingerprint density at radius 2 is 0.833 bits per heavy atom. The van der Waals surface area contributed by atoms with Gasteiger partial charge in [-0.05, 0) is 60.3 Å². The molecule has 0 heterocycles. The highest BCUT2D eigenvalue weighted by Crippen LogP contribution is 2.07. The molecule has 1 N–H and O–H groups in total. The zero-order valence-electron chi connectivity index (χ0n) is 26.8. The molecule has 262 valence electrons. The molecule has 0 radical (unpaired) electrons. The SMILES string of the molecule is C.C.C.C.C.CCC(C)=O.CCC(C)C(C)=O.CCC(C)C(C)=O.CCCC(C)=O.CCCCC(C)C(C)=O.C[NH+]=S. The molecular weight excluding hydrogens is 546 g/mol. The zero-order chi connectivity index (χ0) is 31.0. The third kappa shape index (κ3) is 98.1. The van der Waals surface area contributed by atoms with Gasteiger partial charge in [0.05, 0.1) is 0 Å². The third-order valence-corrected chi connectivity index (χ3v) is 5.40. The maximum atomic E-state index is 10.6. The second kappa shape index (κ2) is 58.9. The molecule has 0 spiro atoms. The van der Waals surface area contributed by atoms with Crippen LogP contribution in [0.25, 0.3) is 0 Å². The van der Waals surface area contributed by atoms with Gasteiger partial charge in [-0.1, -0.05) is 105 Å². The van der Waals surface area contributed by atoms with Crippen molar-refractivity contribution < 1.29 is 28.3 Å². The largest absolute Gasteiger partial charge is 0.300 e. The van der Waals surface area contributed by atoms with Crippen LogP contribution in [0, 0.1) is 17.8 Å². The van der Waals surface area contributed by atoms with E-state index >= 15 is 0 Å². The van der Waals surface area contributed by atoms with Gasteiger partial charge in [-0.25, -0.2) is 0 Å². The molecule has 42 heavy (non-hydrogen) atoms. The highest BCUT2D eigenvalue weighted by molar-refractivity contribution is 7.43. The number of ketones is 5. The fourth-order valence-electron chi connectivity index (χ4n) is 1.64. The van der Waals surface area contributed by atoms with Crippen LogP contribution in [0.3, 0.4) is 0 Å². The first kappa shape index (κ1) is 72.5. The summed E-state index contributed by atoms with van der Waals surface area (Å²) in [5.74, 6) is 2.26. The van der Waals surface area contributed by atoms with Crippen molar-refractivity contribution in [1.82, 2.24) is 0 Å². The lowest BCUT2D eigenvalue weighted by Gasteiger charge is -2.03. The minimum atomic E-state index is 0. The Bertz CT molecular complexity index is 558. The Kier molecular flexibility index (Phi) is 102. The average Bonchev–Trinajstić information content (AvgIpc) is 2.83. The summed E-state index contributed by atoms with van der Waals surface area (Å²) >= 11 is 4.14. The molecule has 0 aromatic rings. The molecule has 6 nitrogen and oxygen atoms in total. The summed E-state index contributed by atoms with van der Waals surface area (Å²) in [5.41, 5.74) is 0. The first-order valence-corrected chi connectivity index (χ1v) is 14.2. The van der Waals surface area contributed by atoms with Crippen molar-refractivity contribution in [3.63, 3.8) is 0 Å². The van der Waals surface area contributed by atoms with Crippen molar-refractivity contribution in [3.05, 3.63) is 0 Å². The van der Waals surface area contributed by atoms with Crippen molar-refractivity contribution in [1.29, 1.82) is 0 Å². The van der Waals surface area contributed by atoms with E-state index in [-0.39, 0.29) is 66.5 Å². The summed E-state index contributed by atoms with van der Waals surface area (Å²) in [6, 6.07) is 0. The smallest absolute Gasteiger partial charge is 0.261 e. The molecular formula is C35H82NO5S+. The number of nitrogens with one attached hydrogen (secondary N) is 1. The maximum absolute atomic E-state index is 10.6. The monoisotopic (exact) mass is 629 g/mol. The molecule has 7 heteroatoms. The van der Waals surface area contributed by atoms with E-state index in [9.17, 15) is 24.0 Å². The van der Waals surface area contributed by atoms with Gasteiger partial charge in [0.25, 0.3) is 12.4 Å². The average molecular weight is 629 g/mol. The van der Waals surface area contributed by atoms with Gasteiger partial charge >= 0.3 is 0 Å². The molecule has 0 bridgehead atoms. The van der Waals surface area contributed by atoms with Gasteiger partial charge in [-0.2, -0.15) is 4.36 Å². The van der Waals surface area contributed by atoms with E-state index in [4.69, 9.17) is 0 Å². The molecule has 3 unspecified atom stereocenters. The second-order valence-electron chi connectivity index (χ2n) is 9.21. The van der Waals surface area contributed by atoms with Crippen molar-refractivity contribution >= 4 is 41.3 Å². The summed E-state index contributed by atoms with van der Waals surface area (Å²) < 4.78 is 2.33. The Hall–Kier alpha value is -1.63. The molecule has 0 rings (SSSR count). The van der Waals surface area contributed by atoms with E-state index in [1.165, 1.54) is 12.8 Å². The zero-order valence-corrected chi connectivity index (χ0v) is 27.7. The van der Waals surface area contributed by atoms with Gasteiger partial charge in [0, 0.05) is 30.6 Å². The Balaban J connectivity index is -0.0000000304. The molecule has 0 saturated heterocycles. The highest BCUT2D eigenvalue weighted by Gasteiger charge is 2.04. The van der Waals surface area contributed by atoms with Gasteiger partial charge in [-0.3, -0.25) is 14.4 Å². The van der Waals surface area contributed by atoms with Crippen LogP contribution >= 0.6 is 0 Å². The minimum absolute atomic E-state index is 0. The van der Waals surface area contributed by atoms with Crippen LogP contribution in [0.2, 0.25) is 0 Å². The van der Waals surface area contributed by atoms with E-state index in [0.29, 0.717) is 23.8 Å². The lowest BCUT2D eigenvalue weighted by atomic mass is 10.0. The fraction of sp³-hybridized carbons (Fsp3) is 0.857. The molecule has 0 aliphatic heterocycles. The number of rotatable bonds is 11. The Morgan fingerprint density at radius 3 is 0.905 bits per heavy atom. The summed E-state index contributed by atoms with van der Waals surface area (Å²) in [6.07, 6.45) is 7.75. The first-order chi connectivity index (χ1) is 17.0. The lowest BCUT2D eigenvalue weighted by molar-refractivity contribution is -0.383. The molecule has 0 aliphatic rings. The topological polar surface area (TPSA) is 99.3 Å². The van der Waals surface area contributed by atoms with Gasteiger partial charge in [-0.15, -0.1) is 0 Å². The predicted molar refractivity (Wildman–Crippen MR) is 194 cm³/mol. The standard InChI is InChI=1S/C8H16O.2C6H12O.C5H10O.C4H8O.CH3NS.5CH4/c1-4-5-6-7(2)8(3)9;2*1-4-5(2)6(3)7;1-3-4-5(2)6;1-3-4(2)5;1-2-3;;;;;/h7H,4-6H2,1-3H3;2*5H,4H2,1-3H3;3-4H2,1-2H3;3H2,1-2H3;1H3;5*1H4/p+1. The molecule has 0 aromatic carbocycles. The van der Waals surface area contributed by atoms with Crippen LogP contribution in [0.4, 0.5) is 0 Å². The number of Topliss-reactive ketones (excluding diaryl/α,β-unsaturated/α-hetero) is 5. The normalized spacial score (nSPS) is 9.76. The quantitative estimate of drug-likeness (QED) is 0.245. The highest BCUT2D eigenvalue weighted by atomic mass is 32.1. The predicted octanol–water partition coefficient (Wildman–Crippen LogP) is 9.61. The first-order valence-electron chi connectivity index (χ1n) is 13.8. The number of unbranched alkanes of at least 4 members (excludes halogenated alkanes) is 1.